The molecule has 0 aromatic heterocycles. The third-order valence-corrected chi connectivity index (χ3v) is 5.99. The van der Waals surface area contributed by atoms with Gasteiger partial charge in [0.2, 0.25) is 0 Å². The maximum absolute atomic E-state index is 5.70. The molecular formula is C27H34O. The van der Waals surface area contributed by atoms with E-state index in [0.717, 1.165) is 48.2 Å². The fourth-order valence-corrected chi connectivity index (χ4v) is 4.01. The van der Waals surface area contributed by atoms with Gasteiger partial charge in [0.15, 0.2) is 0 Å². The van der Waals surface area contributed by atoms with Crippen molar-refractivity contribution in [3.63, 3.8) is 0 Å². The molecule has 1 saturated carbocycles. The van der Waals surface area contributed by atoms with Gasteiger partial charge in [-0.05, 0) is 79.5 Å². The molecule has 3 rings (SSSR count). The summed E-state index contributed by atoms with van der Waals surface area (Å²) in [5.41, 5.74) is 3.57. The van der Waals surface area contributed by atoms with Crippen LogP contribution in [0.1, 0.15) is 75.5 Å². The van der Waals surface area contributed by atoms with Crippen LogP contribution in [0.4, 0.5) is 0 Å². The Morgan fingerprint density at radius 1 is 0.786 bits per heavy atom. The Kier molecular flexibility index (Phi) is 8.04. The monoisotopic (exact) mass is 374 g/mol. The average molecular weight is 375 g/mol. The maximum Gasteiger partial charge on any atom is 0.119 e. The molecule has 0 N–H and O–H groups in total. The first-order valence-corrected chi connectivity index (χ1v) is 11.1. The molecular weight excluding hydrogens is 340 g/mol. The highest BCUT2D eigenvalue weighted by Crippen LogP contribution is 2.32. The summed E-state index contributed by atoms with van der Waals surface area (Å²) >= 11 is 0. The molecule has 1 aliphatic rings. The SMILES string of the molecule is CCCCOc1ccc(C#Cc2ccc(CC3CCC(CC)CC3)cc2)cc1. The molecule has 0 radical (unpaired) electrons. The van der Waals surface area contributed by atoms with Crippen molar-refractivity contribution in [2.45, 2.75) is 65.2 Å². The van der Waals surface area contributed by atoms with Crippen LogP contribution in [0.5, 0.6) is 5.75 Å². The molecule has 1 heteroatoms. The van der Waals surface area contributed by atoms with Crippen LogP contribution in [0.15, 0.2) is 48.5 Å². The Hall–Kier alpha value is -2.20. The van der Waals surface area contributed by atoms with Crippen molar-refractivity contribution in [1.29, 1.82) is 0 Å². The molecule has 0 atom stereocenters. The van der Waals surface area contributed by atoms with Crippen molar-refractivity contribution in [3.05, 3.63) is 65.2 Å². The second-order valence-electron chi connectivity index (χ2n) is 8.17. The molecule has 0 bridgehead atoms. The van der Waals surface area contributed by atoms with E-state index in [1.807, 2.05) is 24.3 Å². The summed E-state index contributed by atoms with van der Waals surface area (Å²) < 4.78 is 5.70. The molecule has 0 heterocycles. The van der Waals surface area contributed by atoms with Gasteiger partial charge in [-0.3, -0.25) is 0 Å². The van der Waals surface area contributed by atoms with Crippen molar-refractivity contribution >= 4 is 0 Å². The summed E-state index contributed by atoms with van der Waals surface area (Å²) in [5.74, 6) is 9.33. The Bertz CT molecular complexity index is 753. The van der Waals surface area contributed by atoms with Crippen LogP contribution in [0.3, 0.4) is 0 Å². The summed E-state index contributed by atoms with van der Waals surface area (Å²) in [7, 11) is 0. The normalized spacial score (nSPS) is 18.9. The van der Waals surface area contributed by atoms with Gasteiger partial charge in [0, 0.05) is 11.1 Å². The fourth-order valence-electron chi connectivity index (χ4n) is 4.01. The van der Waals surface area contributed by atoms with Crippen LogP contribution in [-0.2, 0) is 6.42 Å². The Balaban J connectivity index is 1.50. The van der Waals surface area contributed by atoms with Gasteiger partial charge in [0.25, 0.3) is 0 Å². The zero-order chi connectivity index (χ0) is 19.6. The Morgan fingerprint density at radius 2 is 1.36 bits per heavy atom. The summed E-state index contributed by atoms with van der Waals surface area (Å²) in [6, 6.07) is 17.0. The molecule has 0 amide bonds. The highest BCUT2D eigenvalue weighted by molar-refractivity contribution is 5.44. The lowest BCUT2D eigenvalue weighted by molar-refractivity contribution is 0.268. The van der Waals surface area contributed by atoms with E-state index in [2.05, 4.69) is 50.0 Å². The van der Waals surface area contributed by atoms with E-state index in [1.54, 1.807) is 0 Å². The van der Waals surface area contributed by atoms with Crippen LogP contribution < -0.4 is 4.74 Å². The topological polar surface area (TPSA) is 9.23 Å². The van der Waals surface area contributed by atoms with Crippen molar-refractivity contribution in [2.75, 3.05) is 6.61 Å². The van der Waals surface area contributed by atoms with E-state index < -0.39 is 0 Å². The van der Waals surface area contributed by atoms with E-state index in [4.69, 9.17) is 4.74 Å². The quantitative estimate of drug-likeness (QED) is 0.373. The van der Waals surface area contributed by atoms with E-state index in [1.165, 1.54) is 44.1 Å². The van der Waals surface area contributed by atoms with Gasteiger partial charge in [-0.1, -0.05) is 63.5 Å². The van der Waals surface area contributed by atoms with Crippen molar-refractivity contribution in [1.82, 2.24) is 0 Å². The average Bonchev–Trinajstić information content (AvgIpc) is 2.75. The van der Waals surface area contributed by atoms with Crippen LogP contribution in [0.25, 0.3) is 0 Å². The largest absolute Gasteiger partial charge is 0.494 e. The third-order valence-electron chi connectivity index (χ3n) is 5.99. The maximum atomic E-state index is 5.70. The van der Waals surface area contributed by atoms with Gasteiger partial charge in [-0.25, -0.2) is 0 Å². The molecule has 0 spiro atoms. The highest BCUT2D eigenvalue weighted by Gasteiger charge is 2.19. The molecule has 28 heavy (non-hydrogen) atoms. The van der Waals surface area contributed by atoms with Gasteiger partial charge in [-0.2, -0.15) is 0 Å². The summed E-state index contributed by atoms with van der Waals surface area (Å²) in [4.78, 5) is 0. The third kappa shape index (κ3) is 6.45. The molecule has 0 unspecified atom stereocenters. The molecule has 2 aromatic rings. The Morgan fingerprint density at radius 3 is 1.93 bits per heavy atom. The molecule has 1 aliphatic carbocycles. The lowest BCUT2D eigenvalue weighted by Gasteiger charge is -2.27. The number of hydrogen-bond donors (Lipinski definition) is 0. The van der Waals surface area contributed by atoms with Crippen LogP contribution in [-0.4, -0.2) is 6.61 Å². The van der Waals surface area contributed by atoms with Gasteiger partial charge in [0.1, 0.15) is 5.75 Å². The molecule has 1 fully saturated rings. The predicted octanol–water partition coefficient (Wildman–Crippen LogP) is 7.02. The zero-order valence-electron chi connectivity index (χ0n) is 17.5. The first-order chi connectivity index (χ1) is 13.8. The summed E-state index contributed by atoms with van der Waals surface area (Å²) in [6.45, 7) is 5.29. The number of hydrogen-bond acceptors (Lipinski definition) is 1. The van der Waals surface area contributed by atoms with E-state index in [0.29, 0.717) is 0 Å². The molecule has 0 aliphatic heterocycles. The number of ether oxygens (including phenoxy) is 1. The first kappa shape index (κ1) is 20.5. The molecule has 1 nitrogen and oxygen atoms in total. The standard InChI is InChI=1S/C27H34O/c1-3-5-20-28-27-18-16-24(17-19-27)9-8-23-10-14-26(15-11-23)21-25-12-6-22(4-2)7-13-25/h10-11,14-19,22,25H,3-7,12-13,20-21H2,1-2H3. The minimum atomic E-state index is 0.786. The number of rotatable bonds is 7. The second kappa shape index (κ2) is 11.0. The molecule has 2 aromatic carbocycles. The van der Waals surface area contributed by atoms with Crippen molar-refractivity contribution in [3.8, 4) is 17.6 Å². The predicted molar refractivity (Wildman–Crippen MR) is 119 cm³/mol. The summed E-state index contributed by atoms with van der Waals surface area (Å²) in [6.07, 6.45) is 10.5. The van der Waals surface area contributed by atoms with E-state index >= 15 is 0 Å². The van der Waals surface area contributed by atoms with E-state index in [9.17, 15) is 0 Å². The smallest absolute Gasteiger partial charge is 0.119 e. The van der Waals surface area contributed by atoms with Gasteiger partial charge < -0.3 is 4.74 Å². The van der Waals surface area contributed by atoms with E-state index in [-0.39, 0.29) is 0 Å². The minimum Gasteiger partial charge on any atom is -0.494 e. The van der Waals surface area contributed by atoms with Gasteiger partial charge in [-0.15, -0.1) is 0 Å². The lowest BCUT2D eigenvalue weighted by Crippen LogP contribution is -2.15. The van der Waals surface area contributed by atoms with Crippen molar-refractivity contribution < 1.29 is 4.74 Å². The zero-order valence-corrected chi connectivity index (χ0v) is 17.5. The van der Waals surface area contributed by atoms with Crippen LogP contribution >= 0.6 is 0 Å². The molecule has 148 valence electrons. The number of benzene rings is 2. The summed E-state index contributed by atoms with van der Waals surface area (Å²) in [5, 5.41) is 0. The van der Waals surface area contributed by atoms with Crippen LogP contribution in [0.2, 0.25) is 0 Å². The lowest BCUT2D eigenvalue weighted by atomic mass is 9.78. The Labute approximate surface area is 171 Å². The first-order valence-electron chi connectivity index (χ1n) is 11.1. The van der Waals surface area contributed by atoms with Crippen LogP contribution in [0, 0.1) is 23.7 Å². The molecule has 0 saturated heterocycles. The highest BCUT2D eigenvalue weighted by atomic mass is 16.5. The van der Waals surface area contributed by atoms with Gasteiger partial charge in [0.05, 0.1) is 6.61 Å². The second-order valence-corrected chi connectivity index (χ2v) is 8.17. The number of unbranched alkanes of at least 4 members (excludes halogenated alkanes) is 1. The fraction of sp³-hybridized carbons (Fsp3) is 0.481. The minimum absolute atomic E-state index is 0.786. The van der Waals surface area contributed by atoms with Gasteiger partial charge >= 0.3 is 0 Å². The van der Waals surface area contributed by atoms with Crippen molar-refractivity contribution in [2.24, 2.45) is 11.8 Å².